The Morgan fingerprint density at radius 3 is 0.614 bits per heavy atom. The fourth-order valence-electron chi connectivity index (χ4n) is 17.4. The molecule has 6 aromatic carbocycles. The van der Waals surface area contributed by atoms with Gasteiger partial charge in [0.2, 0.25) is 0 Å². The van der Waals surface area contributed by atoms with E-state index in [2.05, 4.69) is 187 Å². The molecule has 0 radical (unpaired) electrons. The zero-order valence-electron chi connectivity index (χ0n) is 56.1. The number of hydrogen-bond acceptors (Lipinski definition) is 0. The molecule has 6 aromatic rings. The summed E-state index contributed by atoms with van der Waals surface area (Å²) in [6, 6.07) is 57.0. The second-order valence-electron chi connectivity index (χ2n) is 30.2. The summed E-state index contributed by atoms with van der Waals surface area (Å²) in [5.74, 6) is 10.5. The zero-order valence-corrected chi connectivity index (χ0v) is 56.1. The minimum absolute atomic E-state index is 0. The van der Waals surface area contributed by atoms with E-state index in [1.54, 1.807) is 33.4 Å². The van der Waals surface area contributed by atoms with E-state index in [4.69, 9.17) is 0 Å². The molecule has 0 heteroatoms. The minimum atomic E-state index is 0. The molecule has 6 aliphatic rings. The molecule has 12 rings (SSSR count). The van der Waals surface area contributed by atoms with E-state index < -0.39 is 0 Å². The lowest BCUT2D eigenvalue weighted by atomic mass is 9.77. The molecule has 0 unspecified atom stereocenters. The fraction of sp³-hybridized carbons (Fsp3) is 0.591. The van der Waals surface area contributed by atoms with E-state index in [0.717, 1.165) is 71.0 Å². The smallest absolute Gasteiger partial charge is 0.0162 e. The summed E-state index contributed by atoms with van der Waals surface area (Å²) in [5.41, 5.74) is 17.6. The maximum absolute atomic E-state index is 2.41. The van der Waals surface area contributed by atoms with Crippen LogP contribution in [0, 0.1) is 35.5 Å². The molecule has 0 bridgehead atoms. The van der Waals surface area contributed by atoms with Gasteiger partial charge in [-0.15, -0.1) is 0 Å². The van der Waals surface area contributed by atoms with E-state index >= 15 is 0 Å². The summed E-state index contributed by atoms with van der Waals surface area (Å²) in [5, 5.41) is 0. The van der Waals surface area contributed by atoms with Crippen LogP contribution in [0.2, 0.25) is 0 Å². The van der Waals surface area contributed by atoms with Crippen LogP contribution in [0.4, 0.5) is 0 Å². The molecule has 0 aliphatic heterocycles. The first kappa shape index (κ1) is 67.7. The SMILES string of the molecule is C.CCCC1CCC(c2ccc(-c3ccc(C4CCC(C)CC4)cc3)cc2)CC1.CCCCC1CCC(c2ccc(-c3ccc(C4CCC(C)CC4)cc3)cc2)CC1.CCCCCC1CCC(c2ccc(-c3ccc(C4CCC(C)CC4)cc3)cc2)CC1. The highest BCUT2D eigenvalue weighted by atomic mass is 14.3. The molecule has 0 N–H and O–H groups in total. The van der Waals surface area contributed by atoms with Gasteiger partial charge in [-0.3, -0.25) is 0 Å². The first-order chi connectivity index (χ1) is 42.7. The minimum Gasteiger partial charge on any atom is -0.0776 e. The van der Waals surface area contributed by atoms with Gasteiger partial charge in [0, 0.05) is 0 Å². The van der Waals surface area contributed by atoms with Crippen LogP contribution in [0.25, 0.3) is 33.4 Å². The highest BCUT2D eigenvalue weighted by Crippen LogP contribution is 2.44. The highest BCUT2D eigenvalue weighted by molar-refractivity contribution is 5.66. The van der Waals surface area contributed by atoms with Crippen LogP contribution in [0.3, 0.4) is 0 Å². The van der Waals surface area contributed by atoms with Crippen molar-refractivity contribution >= 4 is 0 Å². The molecule has 6 aliphatic carbocycles. The zero-order chi connectivity index (χ0) is 60.2. The van der Waals surface area contributed by atoms with Gasteiger partial charge < -0.3 is 0 Å². The molecule has 6 fully saturated rings. The Kier molecular flexibility index (Phi) is 27.1. The van der Waals surface area contributed by atoms with Gasteiger partial charge in [-0.05, 0) is 253 Å². The molecular formula is C88H124. The second kappa shape index (κ2) is 35.2. The second-order valence-corrected chi connectivity index (χ2v) is 30.2. The fourth-order valence-corrected chi connectivity index (χ4v) is 17.4. The van der Waals surface area contributed by atoms with Gasteiger partial charge in [-0.1, -0.05) is 291 Å². The first-order valence-electron chi connectivity index (χ1n) is 37.3. The molecule has 0 atom stereocenters. The molecule has 88 heavy (non-hydrogen) atoms. The summed E-state index contributed by atoms with van der Waals surface area (Å²) >= 11 is 0. The predicted molar refractivity (Wildman–Crippen MR) is 386 cm³/mol. The molecular weight excluding hydrogens is 1060 g/mol. The van der Waals surface area contributed by atoms with Gasteiger partial charge in [0.15, 0.2) is 0 Å². The van der Waals surface area contributed by atoms with Crippen molar-refractivity contribution in [2.75, 3.05) is 0 Å². The third-order valence-corrected chi connectivity index (χ3v) is 23.8. The lowest BCUT2D eigenvalue weighted by Crippen LogP contribution is -2.13. The van der Waals surface area contributed by atoms with Crippen molar-refractivity contribution in [1.29, 1.82) is 0 Å². The number of hydrogen-bond donors (Lipinski definition) is 0. The van der Waals surface area contributed by atoms with Gasteiger partial charge in [0.25, 0.3) is 0 Å². The normalized spacial score (nSPS) is 27.3. The van der Waals surface area contributed by atoms with Crippen molar-refractivity contribution in [2.45, 2.75) is 296 Å². The average molecular weight is 1180 g/mol. The third-order valence-electron chi connectivity index (χ3n) is 23.8. The van der Waals surface area contributed by atoms with E-state index in [1.165, 1.54) is 245 Å². The standard InChI is InChI=1S/C30H42.C29H40.C28H38.CH4/c1-3-4-5-6-24-9-13-26(14-10-24)28-17-21-30(22-18-28)29-19-15-27(16-20-29)25-11-7-23(2)8-12-25;1-3-4-5-23-8-12-25(13-9-23)27-16-20-29(21-17-27)28-18-14-26(15-19-28)24-10-6-22(2)7-11-24;1-3-4-22-7-11-24(12-8-22)26-15-19-28(20-16-26)27-17-13-25(14-18-27)23-9-5-21(2)6-10-23;/h15-26H,3-14H2,1-2H3;14-25H,3-13H2,1-2H3;13-24H,3-12H2,1-2H3;1H4. The summed E-state index contributed by atoms with van der Waals surface area (Å²) in [6.45, 7) is 14.2. The van der Waals surface area contributed by atoms with E-state index in [9.17, 15) is 0 Å². The van der Waals surface area contributed by atoms with Crippen molar-refractivity contribution in [3.8, 4) is 33.4 Å². The van der Waals surface area contributed by atoms with Gasteiger partial charge in [0.1, 0.15) is 0 Å². The van der Waals surface area contributed by atoms with Crippen LogP contribution in [-0.4, -0.2) is 0 Å². The summed E-state index contributed by atoms with van der Waals surface area (Å²) < 4.78 is 0. The Balaban J connectivity index is 0.000000156. The summed E-state index contributed by atoms with van der Waals surface area (Å²) in [7, 11) is 0. The molecule has 0 spiro atoms. The van der Waals surface area contributed by atoms with Crippen LogP contribution in [0.15, 0.2) is 146 Å². The van der Waals surface area contributed by atoms with Crippen molar-refractivity contribution in [1.82, 2.24) is 0 Å². The van der Waals surface area contributed by atoms with Crippen LogP contribution in [-0.2, 0) is 0 Å². The molecule has 0 saturated heterocycles. The van der Waals surface area contributed by atoms with Gasteiger partial charge >= 0.3 is 0 Å². The van der Waals surface area contributed by atoms with Crippen LogP contribution in [0.1, 0.15) is 330 Å². The molecule has 0 nitrogen and oxygen atoms in total. The van der Waals surface area contributed by atoms with E-state index in [-0.39, 0.29) is 7.43 Å². The Hall–Kier alpha value is -4.68. The van der Waals surface area contributed by atoms with Crippen molar-refractivity contribution in [3.05, 3.63) is 179 Å². The molecule has 476 valence electrons. The summed E-state index contributed by atoms with van der Waals surface area (Å²) in [4.78, 5) is 0. The van der Waals surface area contributed by atoms with Gasteiger partial charge in [-0.2, -0.15) is 0 Å². The number of unbranched alkanes of at least 4 members (excludes halogenated alkanes) is 3. The Bertz CT molecular complexity index is 2800. The number of benzene rings is 6. The van der Waals surface area contributed by atoms with Crippen LogP contribution in [0.5, 0.6) is 0 Å². The predicted octanol–water partition coefficient (Wildman–Crippen LogP) is 28.0. The lowest BCUT2D eigenvalue weighted by Gasteiger charge is -2.29. The van der Waals surface area contributed by atoms with Crippen molar-refractivity contribution < 1.29 is 0 Å². The topological polar surface area (TPSA) is 0 Å². The van der Waals surface area contributed by atoms with Crippen molar-refractivity contribution in [2.24, 2.45) is 35.5 Å². The molecule has 0 amide bonds. The largest absolute Gasteiger partial charge is 0.0776 e. The lowest BCUT2D eigenvalue weighted by molar-refractivity contribution is 0.303. The highest BCUT2D eigenvalue weighted by Gasteiger charge is 2.27. The Labute approximate surface area is 541 Å². The van der Waals surface area contributed by atoms with E-state index in [1.807, 2.05) is 0 Å². The maximum atomic E-state index is 2.41. The summed E-state index contributed by atoms with van der Waals surface area (Å²) in [6.07, 6.45) is 46.3. The average Bonchev–Trinajstić information content (AvgIpc) is 3.41. The maximum Gasteiger partial charge on any atom is -0.0162 e. The van der Waals surface area contributed by atoms with Crippen LogP contribution < -0.4 is 0 Å². The molecule has 0 aromatic heterocycles. The molecule has 6 saturated carbocycles. The van der Waals surface area contributed by atoms with Gasteiger partial charge in [-0.25, -0.2) is 0 Å². The monoisotopic (exact) mass is 1180 g/mol. The van der Waals surface area contributed by atoms with E-state index in [0.29, 0.717) is 0 Å². The van der Waals surface area contributed by atoms with Crippen LogP contribution >= 0.6 is 0 Å². The number of rotatable bonds is 18. The van der Waals surface area contributed by atoms with Crippen molar-refractivity contribution in [3.63, 3.8) is 0 Å². The quantitative estimate of drug-likeness (QED) is 0.0753. The third kappa shape index (κ3) is 19.7. The Morgan fingerprint density at radius 1 is 0.216 bits per heavy atom. The molecule has 0 heterocycles. The first-order valence-corrected chi connectivity index (χ1v) is 37.3. The Morgan fingerprint density at radius 2 is 0.409 bits per heavy atom. The van der Waals surface area contributed by atoms with Gasteiger partial charge in [0.05, 0.1) is 0 Å².